The molecule has 1 heterocycles. The highest BCUT2D eigenvalue weighted by Crippen LogP contribution is 2.26. The summed E-state index contributed by atoms with van der Waals surface area (Å²) in [6.45, 7) is 1.61. The molecule has 4 N–H and O–H groups in total. The number of carbonyl (C=O) groups excluding carboxylic acids is 1. The smallest absolute Gasteiger partial charge is 0.287 e. The zero-order valence-corrected chi connectivity index (χ0v) is 10.8. The summed E-state index contributed by atoms with van der Waals surface area (Å²) in [5.41, 5.74) is 2.21. The highest BCUT2D eigenvalue weighted by Gasteiger charge is 2.25. The van der Waals surface area contributed by atoms with Gasteiger partial charge in [-0.2, -0.15) is 0 Å². The van der Waals surface area contributed by atoms with Crippen LogP contribution in [0.3, 0.4) is 0 Å². The van der Waals surface area contributed by atoms with Gasteiger partial charge >= 0.3 is 0 Å². The van der Waals surface area contributed by atoms with Gasteiger partial charge in [-0.3, -0.25) is 15.1 Å². The van der Waals surface area contributed by atoms with Crippen molar-refractivity contribution >= 4 is 5.91 Å². The molecule has 1 aliphatic carbocycles. The molecule has 1 amide bonds. The molecule has 1 aliphatic rings. The number of nitrogens with two attached hydrogens (primary N) is 1. The van der Waals surface area contributed by atoms with Gasteiger partial charge in [0.15, 0.2) is 11.5 Å². The van der Waals surface area contributed by atoms with E-state index in [4.69, 9.17) is 15.5 Å². The van der Waals surface area contributed by atoms with Crippen LogP contribution in [0.15, 0.2) is 10.6 Å². The van der Waals surface area contributed by atoms with Gasteiger partial charge in [-0.15, -0.1) is 0 Å². The van der Waals surface area contributed by atoms with Crippen LogP contribution in [0.1, 0.15) is 41.9 Å². The van der Waals surface area contributed by atoms with Crippen LogP contribution in [0.25, 0.3) is 0 Å². The van der Waals surface area contributed by atoms with Gasteiger partial charge in [0.1, 0.15) is 0 Å². The molecule has 2 rings (SSSR count). The summed E-state index contributed by atoms with van der Waals surface area (Å²) in [5, 5.41) is 12.6. The molecule has 0 saturated heterocycles. The molecular formula is C12H20N4O3. The minimum absolute atomic E-state index is 0.181. The van der Waals surface area contributed by atoms with Crippen LogP contribution < -0.4 is 11.3 Å². The minimum Gasteiger partial charge on any atom is -0.396 e. The van der Waals surface area contributed by atoms with E-state index in [1.807, 2.05) is 5.43 Å². The molecule has 7 nitrogen and oxygen atoms in total. The third-order valence-electron chi connectivity index (χ3n) is 3.48. The first-order chi connectivity index (χ1) is 9.24. The van der Waals surface area contributed by atoms with Crippen molar-refractivity contribution in [2.75, 3.05) is 13.2 Å². The molecule has 0 radical (unpaired) electrons. The fraction of sp³-hybridized carbons (Fsp3) is 0.667. The Bertz CT molecular complexity index is 417. The van der Waals surface area contributed by atoms with Crippen LogP contribution in [0.5, 0.6) is 0 Å². The van der Waals surface area contributed by atoms with E-state index in [0.717, 1.165) is 13.0 Å². The number of hydrazine groups is 1. The number of hydrogen-bond donors (Lipinski definition) is 3. The van der Waals surface area contributed by atoms with Gasteiger partial charge in [-0.25, -0.2) is 5.84 Å². The van der Waals surface area contributed by atoms with Gasteiger partial charge in [0, 0.05) is 25.3 Å². The molecule has 0 aliphatic heterocycles. The second-order valence-corrected chi connectivity index (χ2v) is 4.78. The van der Waals surface area contributed by atoms with Gasteiger partial charge < -0.3 is 9.63 Å². The third kappa shape index (κ3) is 3.52. The van der Waals surface area contributed by atoms with E-state index in [2.05, 4.69) is 10.1 Å². The van der Waals surface area contributed by atoms with Gasteiger partial charge in [-0.1, -0.05) is 11.6 Å². The Morgan fingerprint density at radius 3 is 3.00 bits per heavy atom. The molecule has 0 spiro atoms. The predicted octanol–water partition coefficient (Wildman–Crippen LogP) is 0.0150. The fourth-order valence-corrected chi connectivity index (χ4v) is 2.18. The van der Waals surface area contributed by atoms with E-state index < -0.39 is 5.91 Å². The van der Waals surface area contributed by atoms with Crippen LogP contribution in [-0.4, -0.2) is 40.3 Å². The molecule has 106 valence electrons. The Labute approximate surface area is 111 Å². The highest BCUT2D eigenvalue weighted by molar-refractivity contribution is 5.91. The Morgan fingerprint density at radius 2 is 2.42 bits per heavy atom. The first-order valence-corrected chi connectivity index (χ1v) is 6.56. The summed E-state index contributed by atoms with van der Waals surface area (Å²) in [7, 11) is 0. The largest absolute Gasteiger partial charge is 0.396 e. The van der Waals surface area contributed by atoms with Gasteiger partial charge in [-0.05, 0) is 19.3 Å². The number of hydrogen-bond acceptors (Lipinski definition) is 6. The van der Waals surface area contributed by atoms with Crippen molar-refractivity contribution in [3.05, 3.63) is 17.5 Å². The Hall–Kier alpha value is -1.44. The maximum Gasteiger partial charge on any atom is 0.287 e. The Balaban J connectivity index is 1.95. The van der Waals surface area contributed by atoms with Gasteiger partial charge in [0.25, 0.3) is 5.91 Å². The zero-order valence-electron chi connectivity index (χ0n) is 10.8. The topological polar surface area (TPSA) is 105 Å². The van der Waals surface area contributed by atoms with E-state index in [1.165, 1.54) is 19.3 Å². The maximum absolute atomic E-state index is 11.3. The molecule has 0 aromatic carbocycles. The molecule has 1 aromatic heterocycles. The lowest BCUT2D eigenvalue weighted by Crippen LogP contribution is -2.40. The number of nitrogens with zero attached hydrogens (tertiary/aromatic N) is 2. The number of aliphatic hydroxyl groups is 1. The van der Waals surface area contributed by atoms with Crippen LogP contribution in [0.2, 0.25) is 0 Å². The molecule has 19 heavy (non-hydrogen) atoms. The second-order valence-electron chi connectivity index (χ2n) is 4.78. The van der Waals surface area contributed by atoms with Crippen molar-refractivity contribution in [3.63, 3.8) is 0 Å². The minimum atomic E-state index is -0.458. The monoisotopic (exact) mass is 268 g/mol. The van der Waals surface area contributed by atoms with Crippen LogP contribution in [0.4, 0.5) is 0 Å². The van der Waals surface area contributed by atoms with Crippen molar-refractivity contribution in [2.24, 2.45) is 5.84 Å². The van der Waals surface area contributed by atoms with Crippen molar-refractivity contribution in [2.45, 2.75) is 38.3 Å². The zero-order chi connectivity index (χ0) is 13.7. The van der Waals surface area contributed by atoms with Crippen molar-refractivity contribution in [1.29, 1.82) is 0 Å². The van der Waals surface area contributed by atoms with Crippen molar-refractivity contribution in [1.82, 2.24) is 15.5 Å². The first kappa shape index (κ1) is 14.0. The molecule has 1 aromatic rings. The van der Waals surface area contributed by atoms with Gasteiger partial charge in [0.2, 0.25) is 0 Å². The number of amides is 1. The van der Waals surface area contributed by atoms with E-state index in [-0.39, 0.29) is 12.3 Å². The molecule has 0 unspecified atom stereocenters. The fourth-order valence-electron chi connectivity index (χ4n) is 2.18. The maximum atomic E-state index is 11.3. The van der Waals surface area contributed by atoms with E-state index in [9.17, 15) is 4.79 Å². The average molecular weight is 268 g/mol. The number of aliphatic hydroxyl groups excluding tert-OH is 1. The lowest BCUT2D eigenvalue weighted by atomic mass is 9.91. The van der Waals surface area contributed by atoms with Gasteiger partial charge in [0.05, 0.1) is 6.54 Å². The molecular weight excluding hydrogens is 248 g/mol. The predicted molar refractivity (Wildman–Crippen MR) is 67.9 cm³/mol. The lowest BCUT2D eigenvalue weighted by molar-refractivity contribution is 0.0939. The van der Waals surface area contributed by atoms with E-state index in [0.29, 0.717) is 18.3 Å². The third-order valence-corrected chi connectivity index (χ3v) is 3.48. The normalized spacial score (nSPS) is 15.5. The number of carbonyl (C=O) groups is 1. The summed E-state index contributed by atoms with van der Waals surface area (Å²) in [6.07, 6.45) is 4.34. The number of nitrogen functional groups attached to an aromatic ring is 1. The molecule has 1 saturated carbocycles. The average Bonchev–Trinajstić information content (AvgIpc) is 2.81. The SMILES string of the molecule is NNC(=O)c1cc(CN(CCCO)C2CCC2)on1. The van der Waals surface area contributed by atoms with Crippen LogP contribution in [0, 0.1) is 0 Å². The standard InChI is InChI=1S/C12H20N4O3/c13-14-12(18)11-7-10(19-15-11)8-16(5-2-6-17)9-3-1-4-9/h7,9,17H,1-6,8,13H2,(H,14,18). The second kappa shape index (κ2) is 6.65. The summed E-state index contributed by atoms with van der Waals surface area (Å²) in [4.78, 5) is 13.5. The summed E-state index contributed by atoms with van der Waals surface area (Å²) < 4.78 is 5.15. The lowest BCUT2D eigenvalue weighted by Gasteiger charge is -2.36. The summed E-state index contributed by atoms with van der Waals surface area (Å²) >= 11 is 0. The molecule has 1 fully saturated rings. The summed E-state index contributed by atoms with van der Waals surface area (Å²) in [6, 6.07) is 2.15. The van der Waals surface area contributed by atoms with Crippen LogP contribution >= 0.6 is 0 Å². The first-order valence-electron chi connectivity index (χ1n) is 6.56. The Kier molecular flexibility index (Phi) is 4.89. The van der Waals surface area contributed by atoms with E-state index in [1.54, 1.807) is 6.07 Å². The molecule has 0 atom stereocenters. The number of aromatic nitrogens is 1. The number of rotatable bonds is 7. The van der Waals surface area contributed by atoms with E-state index >= 15 is 0 Å². The summed E-state index contributed by atoms with van der Waals surface area (Å²) in [5.74, 6) is 5.22. The molecule has 7 heteroatoms. The van der Waals surface area contributed by atoms with Crippen LogP contribution in [-0.2, 0) is 6.54 Å². The quantitative estimate of drug-likeness (QED) is 0.366. The van der Waals surface area contributed by atoms with Crippen molar-refractivity contribution in [3.8, 4) is 0 Å². The Morgan fingerprint density at radius 1 is 1.63 bits per heavy atom. The highest BCUT2D eigenvalue weighted by atomic mass is 16.5. The van der Waals surface area contributed by atoms with Crippen molar-refractivity contribution < 1.29 is 14.4 Å². The number of nitrogens with one attached hydrogen (secondary N) is 1. The molecule has 0 bridgehead atoms.